The predicted octanol–water partition coefficient (Wildman–Crippen LogP) is 5.75. The maximum Gasteiger partial charge on any atom is 0.0495 e. The first-order valence-corrected chi connectivity index (χ1v) is 7.58. The Labute approximate surface area is 129 Å². The number of allylic oxidation sites excluding steroid dienone is 1. The molecule has 0 saturated heterocycles. The lowest BCUT2D eigenvalue weighted by Crippen LogP contribution is -1.93. The first kappa shape index (κ1) is 14.8. The number of thioether (sulfide) groups is 1. The van der Waals surface area contributed by atoms with Gasteiger partial charge in [0.15, 0.2) is 0 Å². The van der Waals surface area contributed by atoms with Gasteiger partial charge in [-0.3, -0.25) is 0 Å². The molecule has 2 aromatic rings. The molecule has 1 unspecified atom stereocenters. The summed E-state index contributed by atoms with van der Waals surface area (Å²) in [5.41, 5.74) is 1.18. The lowest BCUT2D eigenvalue weighted by atomic mass is 9.97. The van der Waals surface area contributed by atoms with Gasteiger partial charge in [0.25, 0.3) is 0 Å². The lowest BCUT2D eigenvalue weighted by Gasteiger charge is -2.08. The van der Waals surface area contributed by atoms with Gasteiger partial charge in [-0.05, 0) is 53.3 Å². The summed E-state index contributed by atoms with van der Waals surface area (Å²) in [7, 11) is 0. The molecule has 0 fully saturated rings. The van der Waals surface area contributed by atoms with Crippen LogP contribution in [0.25, 0.3) is 0 Å². The third-order valence-electron chi connectivity index (χ3n) is 2.82. The van der Waals surface area contributed by atoms with E-state index in [0.29, 0.717) is 0 Å². The van der Waals surface area contributed by atoms with Crippen LogP contribution >= 0.6 is 23.4 Å². The second-order valence-corrected chi connectivity index (χ2v) is 5.61. The van der Waals surface area contributed by atoms with Crippen LogP contribution in [-0.2, 0) is 0 Å². The fourth-order valence-electron chi connectivity index (χ4n) is 1.79. The van der Waals surface area contributed by atoms with Gasteiger partial charge in [0.05, 0.1) is 0 Å². The Balaban J connectivity index is 2.10. The molecule has 0 spiro atoms. The van der Waals surface area contributed by atoms with Gasteiger partial charge in [-0.15, -0.1) is 6.58 Å². The lowest BCUT2D eigenvalue weighted by molar-refractivity contribution is 0.895. The summed E-state index contributed by atoms with van der Waals surface area (Å²) in [6, 6.07) is 18.0. The van der Waals surface area contributed by atoms with Crippen molar-refractivity contribution in [3.8, 4) is 11.2 Å². The molecule has 2 aromatic carbocycles. The van der Waals surface area contributed by atoms with Crippen LogP contribution < -0.4 is 0 Å². The zero-order valence-corrected chi connectivity index (χ0v) is 12.6. The molecule has 100 valence electrons. The van der Waals surface area contributed by atoms with Crippen LogP contribution in [0.3, 0.4) is 0 Å². The van der Waals surface area contributed by atoms with E-state index in [4.69, 9.17) is 11.6 Å². The van der Waals surface area contributed by atoms with Crippen LogP contribution in [0.4, 0.5) is 0 Å². The van der Waals surface area contributed by atoms with E-state index in [-0.39, 0.29) is 5.92 Å². The minimum absolute atomic E-state index is 0.168. The third kappa shape index (κ3) is 4.49. The summed E-state index contributed by atoms with van der Waals surface area (Å²) in [5, 5.41) is 3.93. The van der Waals surface area contributed by atoms with Crippen LogP contribution in [-0.4, -0.2) is 0 Å². The van der Waals surface area contributed by atoms with Gasteiger partial charge in [0, 0.05) is 15.8 Å². The molecular formula is C18H15ClS. The van der Waals surface area contributed by atoms with Crippen molar-refractivity contribution in [2.24, 2.45) is 0 Å². The number of hydrogen-bond acceptors (Lipinski definition) is 1. The highest BCUT2D eigenvalue weighted by molar-refractivity contribution is 8.03. The van der Waals surface area contributed by atoms with Gasteiger partial charge in [-0.2, -0.15) is 0 Å². The Morgan fingerprint density at radius 2 is 1.80 bits per heavy atom. The zero-order chi connectivity index (χ0) is 14.2. The summed E-state index contributed by atoms with van der Waals surface area (Å²) in [6.07, 6.45) is 2.74. The third-order valence-corrected chi connectivity index (χ3v) is 3.80. The van der Waals surface area contributed by atoms with Crippen molar-refractivity contribution < 1.29 is 0 Å². The molecule has 0 aliphatic heterocycles. The Morgan fingerprint density at radius 1 is 1.10 bits per heavy atom. The molecule has 0 aromatic heterocycles. The first-order chi connectivity index (χ1) is 9.79. The summed E-state index contributed by atoms with van der Waals surface area (Å²) in [6.45, 7) is 3.81. The Morgan fingerprint density at radius 3 is 2.45 bits per heavy atom. The average molecular weight is 299 g/mol. The summed E-state index contributed by atoms with van der Waals surface area (Å²) >= 11 is 7.47. The summed E-state index contributed by atoms with van der Waals surface area (Å²) < 4.78 is 0. The molecule has 0 saturated carbocycles. The average Bonchev–Trinajstić information content (AvgIpc) is 2.48. The van der Waals surface area contributed by atoms with Gasteiger partial charge in [-0.1, -0.05) is 53.9 Å². The van der Waals surface area contributed by atoms with Crippen molar-refractivity contribution in [3.63, 3.8) is 0 Å². The molecule has 0 heterocycles. The van der Waals surface area contributed by atoms with Crippen LogP contribution in [0.5, 0.6) is 0 Å². The molecule has 0 aliphatic rings. The van der Waals surface area contributed by atoms with Gasteiger partial charge in [-0.25, -0.2) is 0 Å². The van der Waals surface area contributed by atoms with Crippen molar-refractivity contribution in [2.75, 3.05) is 0 Å². The number of hydrogen-bond donors (Lipinski definition) is 0. The molecule has 0 aliphatic carbocycles. The van der Waals surface area contributed by atoms with E-state index in [1.807, 2.05) is 48.5 Å². The van der Waals surface area contributed by atoms with Gasteiger partial charge < -0.3 is 0 Å². The SMILES string of the molecule is C=CCC(C#CSc1ccccc1)c1ccc(Cl)cc1. The smallest absolute Gasteiger partial charge is 0.0495 e. The minimum Gasteiger partial charge on any atom is -0.103 e. The van der Waals surface area contributed by atoms with Gasteiger partial charge in [0.2, 0.25) is 0 Å². The number of benzene rings is 2. The van der Waals surface area contributed by atoms with E-state index in [0.717, 1.165) is 16.3 Å². The first-order valence-electron chi connectivity index (χ1n) is 6.38. The zero-order valence-electron chi connectivity index (χ0n) is 11.1. The van der Waals surface area contributed by atoms with Crippen molar-refractivity contribution in [1.29, 1.82) is 0 Å². The van der Waals surface area contributed by atoms with E-state index in [1.165, 1.54) is 5.56 Å². The molecule has 0 N–H and O–H groups in total. The molecule has 1 atom stereocenters. The summed E-state index contributed by atoms with van der Waals surface area (Å²) in [4.78, 5) is 1.16. The molecule has 2 heteroatoms. The highest BCUT2D eigenvalue weighted by atomic mass is 35.5. The molecule has 0 radical (unpaired) electrons. The number of rotatable bonds is 4. The van der Waals surface area contributed by atoms with Crippen molar-refractivity contribution in [2.45, 2.75) is 17.2 Å². The van der Waals surface area contributed by atoms with Gasteiger partial charge >= 0.3 is 0 Å². The number of halogens is 1. The van der Waals surface area contributed by atoms with E-state index < -0.39 is 0 Å². The van der Waals surface area contributed by atoms with Gasteiger partial charge in [0.1, 0.15) is 0 Å². The van der Waals surface area contributed by atoms with E-state index in [9.17, 15) is 0 Å². The van der Waals surface area contributed by atoms with Crippen LogP contribution in [0, 0.1) is 11.2 Å². The van der Waals surface area contributed by atoms with Crippen molar-refractivity contribution >= 4 is 23.4 Å². The molecule has 0 amide bonds. The van der Waals surface area contributed by atoms with Crippen molar-refractivity contribution in [3.05, 3.63) is 77.8 Å². The van der Waals surface area contributed by atoms with E-state index in [2.05, 4.69) is 29.9 Å². The molecule has 20 heavy (non-hydrogen) atoms. The monoisotopic (exact) mass is 298 g/mol. The molecule has 2 rings (SSSR count). The highest BCUT2D eigenvalue weighted by Gasteiger charge is 2.06. The Hall–Kier alpha value is -1.62. The summed E-state index contributed by atoms with van der Waals surface area (Å²) in [5.74, 6) is 3.47. The highest BCUT2D eigenvalue weighted by Crippen LogP contribution is 2.23. The van der Waals surface area contributed by atoms with Crippen LogP contribution in [0.15, 0.2) is 72.1 Å². The largest absolute Gasteiger partial charge is 0.103 e. The van der Waals surface area contributed by atoms with Crippen LogP contribution in [0.2, 0.25) is 5.02 Å². The topological polar surface area (TPSA) is 0 Å². The standard InChI is InChI=1S/C18H15ClS/c1-2-6-15(16-9-11-17(19)12-10-16)13-14-20-18-7-4-3-5-8-18/h2-5,7-12,15H,1,6H2. The quantitative estimate of drug-likeness (QED) is 0.393. The van der Waals surface area contributed by atoms with E-state index >= 15 is 0 Å². The minimum atomic E-state index is 0.168. The fourth-order valence-corrected chi connectivity index (χ4v) is 2.53. The second kappa shape index (κ2) is 7.85. The van der Waals surface area contributed by atoms with Crippen LogP contribution in [0.1, 0.15) is 17.9 Å². The fraction of sp³-hybridized carbons (Fsp3) is 0.111. The molecular weight excluding hydrogens is 284 g/mol. The molecule has 0 bridgehead atoms. The maximum absolute atomic E-state index is 5.92. The predicted molar refractivity (Wildman–Crippen MR) is 89.1 cm³/mol. The van der Waals surface area contributed by atoms with E-state index in [1.54, 1.807) is 11.8 Å². The Kier molecular flexibility index (Phi) is 5.80. The second-order valence-electron chi connectivity index (χ2n) is 4.29. The normalized spacial score (nSPS) is 11.2. The van der Waals surface area contributed by atoms with Crippen molar-refractivity contribution in [1.82, 2.24) is 0 Å². The Bertz CT molecular complexity index is 605. The maximum atomic E-state index is 5.92. The molecule has 0 nitrogen and oxygen atoms in total.